The first-order valence-electron chi connectivity index (χ1n) is 6.36. The van der Waals surface area contributed by atoms with E-state index in [4.69, 9.17) is 4.74 Å². The summed E-state index contributed by atoms with van der Waals surface area (Å²) < 4.78 is 5.40. The Kier molecular flexibility index (Phi) is 4.23. The van der Waals surface area contributed by atoms with Gasteiger partial charge in [0.2, 0.25) is 0 Å². The van der Waals surface area contributed by atoms with E-state index in [1.54, 1.807) is 0 Å². The van der Waals surface area contributed by atoms with Gasteiger partial charge in [0.25, 0.3) is 0 Å². The van der Waals surface area contributed by atoms with Gasteiger partial charge >= 0.3 is 6.09 Å². The molecule has 0 saturated carbocycles. The summed E-state index contributed by atoms with van der Waals surface area (Å²) in [6, 6.07) is 0. The zero-order valence-corrected chi connectivity index (χ0v) is 11.7. The molecule has 0 bridgehead atoms. The molecule has 1 rings (SSSR count). The number of ether oxygens (including phenoxy) is 1. The largest absolute Gasteiger partial charge is 0.444 e. The van der Waals surface area contributed by atoms with Crippen LogP contribution < -0.4 is 0 Å². The van der Waals surface area contributed by atoms with Crippen molar-refractivity contribution < 1.29 is 9.53 Å². The number of likely N-dealkylation sites (tertiary alicyclic amines) is 1. The highest BCUT2D eigenvalue weighted by atomic mass is 16.6. The van der Waals surface area contributed by atoms with Crippen molar-refractivity contribution in [2.75, 3.05) is 13.1 Å². The minimum atomic E-state index is -0.418. The number of carbonyl (C=O) groups excluding carboxylic acids is 1. The molecule has 1 saturated heterocycles. The molecular weight excluding hydrogens is 214 g/mol. The lowest BCUT2D eigenvalue weighted by Gasteiger charge is -2.37. The van der Waals surface area contributed by atoms with Gasteiger partial charge in [-0.25, -0.2) is 4.79 Å². The quantitative estimate of drug-likeness (QED) is 0.656. The fraction of sp³-hybridized carbons (Fsp3) is 0.786. The Balaban J connectivity index is 2.62. The Labute approximate surface area is 105 Å². The summed E-state index contributed by atoms with van der Waals surface area (Å²) in [5.41, 5.74) is 0.846. The van der Waals surface area contributed by atoms with Crippen LogP contribution in [0.25, 0.3) is 0 Å². The highest BCUT2D eigenvalue weighted by Crippen LogP contribution is 2.28. The Morgan fingerprint density at radius 3 is 2.53 bits per heavy atom. The second-order valence-corrected chi connectivity index (χ2v) is 6.19. The van der Waals surface area contributed by atoms with Crippen molar-refractivity contribution in [2.45, 2.75) is 46.6 Å². The van der Waals surface area contributed by atoms with Gasteiger partial charge in [0.15, 0.2) is 0 Å². The van der Waals surface area contributed by atoms with Crippen molar-refractivity contribution in [3.63, 3.8) is 0 Å². The number of nitrogens with zero attached hydrogens (tertiary/aromatic N) is 1. The molecule has 1 amide bonds. The molecule has 17 heavy (non-hydrogen) atoms. The molecule has 1 atom stereocenters. The zero-order valence-electron chi connectivity index (χ0n) is 11.7. The Hall–Kier alpha value is -0.990. The van der Waals surface area contributed by atoms with Gasteiger partial charge in [-0.05, 0) is 39.0 Å². The third-order valence-corrected chi connectivity index (χ3v) is 3.10. The lowest BCUT2D eigenvalue weighted by molar-refractivity contribution is 0.0187. The van der Waals surface area contributed by atoms with E-state index in [0.717, 1.165) is 19.5 Å². The topological polar surface area (TPSA) is 29.5 Å². The number of hydrogen-bond acceptors (Lipinski definition) is 2. The highest BCUT2D eigenvalue weighted by molar-refractivity contribution is 5.68. The molecule has 98 valence electrons. The van der Waals surface area contributed by atoms with E-state index < -0.39 is 5.60 Å². The predicted molar refractivity (Wildman–Crippen MR) is 69.9 cm³/mol. The van der Waals surface area contributed by atoms with E-state index in [2.05, 4.69) is 20.4 Å². The first kappa shape index (κ1) is 14.1. The summed E-state index contributed by atoms with van der Waals surface area (Å²) in [6.07, 6.45) is 0.692. The number of amides is 1. The van der Waals surface area contributed by atoms with Crippen LogP contribution in [0.1, 0.15) is 41.0 Å². The van der Waals surface area contributed by atoms with E-state index in [-0.39, 0.29) is 6.09 Å². The SMILES string of the molecule is C=C1CCN(C(=O)OC(C)(C)C)CC1C(C)C. The van der Waals surface area contributed by atoms with E-state index in [0.29, 0.717) is 11.8 Å². The van der Waals surface area contributed by atoms with Gasteiger partial charge < -0.3 is 9.64 Å². The second-order valence-electron chi connectivity index (χ2n) is 6.19. The van der Waals surface area contributed by atoms with Gasteiger partial charge in [0.05, 0.1) is 0 Å². The first-order chi connectivity index (χ1) is 7.70. The summed E-state index contributed by atoms with van der Waals surface area (Å²) in [5, 5.41) is 0. The average Bonchev–Trinajstić information content (AvgIpc) is 2.14. The third-order valence-electron chi connectivity index (χ3n) is 3.10. The normalized spacial score (nSPS) is 21.9. The van der Waals surface area contributed by atoms with Gasteiger partial charge in [-0.15, -0.1) is 0 Å². The summed E-state index contributed by atoms with van der Waals surface area (Å²) in [4.78, 5) is 13.8. The summed E-state index contributed by atoms with van der Waals surface area (Å²) in [7, 11) is 0. The van der Waals surface area contributed by atoms with Crippen molar-refractivity contribution in [3.8, 4) is 0 Å². The van der Waals surface area contributed by atoms with E-state index in [9.17, 15) is 4.79 Å². The van der Waals surface area contributed by atoms with Gasteiger partial charge in [-0.2, -0.15) is 0 Å². The van der Waals surface area contributed by atoms with Gasteiger partial charge in [-0.3, -0.25) is 0 Å². The molecule has 0 aromatic heterocycles. The van der Waals surface area contributed by atoms with Crippen LogP contribution in [0.2, 0.25) is 0 Å². The van der Waals surface area contributed by atoms with Crippen molar-refractivity contribution in [1.29, 1.82) is 0 Å². The number of piperidine rings is 1. The number of rotatable bonds is 1. The van der Waals surface area contributed by atoms with Crippen LogP contribution in [0, 0.1) is 11.8 Å². The van der Waals surface area contributed by atoms with Crippen LogP contribution in [-0.2, 0) is 4.74 Å². The number of carbonyl (C=O) groups is 1. The van der Waals surface area contributed by atoms with E-state index in [1.165, 1.54) is 5.57 Å². The molecular formula is C14H25NO2. The Morgan fingerprint density at radius 1 is 1.47 bits per heavy atom. The Morgan fingerprint density at radius 2 is 2.06 bits per heavy atom. The minimum Gasteiger partial charge on any atom is -0.444 e. The molecule has 0 spiro atoms. The lowest BCUT2D eigenvalue weighted by atomic mass is 9.84. The molecule has 1 fully saturated rings. The van der Waals surface area contributed by atoms with Crippen molar-refractivity contribution in [2.24, 2.45) is 11.8 Å². The third kappa shape index (κ3) is 4.06. The van der Waals surface area contributed by atoms with Crippen molar-refractivity contribution in [1.82, 2.24) is 4.90 Å². The standard InChI is InChI=1S/C14H25NO2/c1-10(2)12-9-15(8-7-11(12)3)13(16)17-14(4,5)6/h10,12H,3,7-9H2,1-2,4-6H3. The first-order valence-corrected chi connectivity index (χ1v) is 6.36. The van der Waals surface area contributed by atoms with Crippen LogP contribution in [0.5, 0.6) is 0 Å². The summed E-state index contributed by atoms with van der Waals surface area (Å²) in [6.45, 7) is 15.6. The van der Waals surface area contributed by atoms with E-state index >= 15 is 0 Å². The van der Waals surface area contributed by atoms with E-state index in [1.807, 2.05) is 25.7 Å². The highest BCUT2D eigenvalue weighted by Gasteiger charge is 2.30. The van der Waals surface area contributed by atoms with Crippen LogP contribution in [-0.4, -0.2) is 29.7 Å². The summed E-state index contributed by atoms with van der Waals surface area (Å²) in [5.74, 6) is 0.920. The Bertz CT molecular complexity index is 302. The maximum atomic E-state index is 12.0. The monoisotopic (exact) mass is 239 g/mol. The molecule has 0 aliphatic carbocycles. The van der Waals surface area contributed by atoms with Crippen LogP contribution in [0.4, 0.5) is 4.79 Å². The molecule has 1 aliphatic rings. The minimum absolute atomic E-state index is 0.198. The second kappa shape index (κ2) is 5.11. The molecule has 0 aromatic carbocycles. The molecule has 1 aliphatic heterocycles. The molecule has 3 nitrogen and oxygen atoms in total. The molecule has 3 heteroatoms. The maximum absolute atomic E-state index is 12.0. The smallest absolute Gasteiger partial charge is 0.410 e. The summed E-state index contributed by atoms with van der Waals surface area (Å²) >= 11 is 0. The molecule has 0 aromatic rings. The zero-order chi connectivity index (χ0) is 13.2. The maximum Gasteiger partial charge on any atom is 0.410 e. The van der Waals surface area contributed by atoms with Gasteiger partial charge in [0, 0.05) is 13.1 Å². The van der Waals surface area contributed by atoms with Crippen molar-refractivity contribution in [3.05, 3.63) is 12.2 Å². The molecule has 1 heterocycles. The predicted octanol–water partition coefficient (Wildman–Crippen LogP) is 3.46. The van der Waals surface area contributed by atoms with Gasteiger partial charge in [-0.1, -0.05) is 26.0 Å². The van der Waals surface area contributed by atoms with Crippen LogP contribution in [0.15, 0.2) is 12.2 Å². The fourth-order valence-electron chi connectivity index (χ4n) is 2.10. The van der Waals surface area contributed by atoms with Crippen LogP contribution in [0.3, 0.4) is 0 Å². The number of hydrogen-bond donors (Lipinski definition) is 0. The van der Waals surface area contributed by atoms with Crippen molar-refractivity contribution >= 4 is 6.09 Å². The molecule has 0 N–H and O–H groups in total. The lowest BCUT2D eigenvalue weighted by Crippen LogP contribution is -2.44. The molecule has 1 unspecified atom stereocenters. The molecule has 0 radical (unpaired) electrons. The van der Waals surface area contributed by atoms with Gasteiger partial charge in [0.1, 0.15) is 5.60 Å². The average molecular weight is 239 g/mol. The fourth-order valence-corrected chi connectivity index (χ4v) is 2.10. The van der Waals surface area contributed by atoms with Crippen LogP contribution >= 0.6 is 0 Å².